The molecule has 3 rings (SSSR count). The van der Waals surface area contributed by atoms with Crippen LogP contribution in [0.5, 0.6) is 0 Å². The summed E-state index contributed by atoms with van der Waals surface area (Å²) in [4.78, 5) is 26.0. The number of rotatable bonds is 2. The second-order valence-corrected chi connectivity index (χ2v) is 5.48. The third-order valence-corrected chi connectivity index (χ3v) is 3.97. The molecule has 1 unspecified atom stereocenters. The van der Waals surface area contributed by atoms with Gasteiger partial charge in [0, 0.05) is 6.54 Å². The Bertz CT molecular complexity index is 533. The van der Waals surface area contributed by atoms with Gasteiger partial charge in [-0.3, -0.25) is 14.5 Å². The summed E-state index contributed by atoms with van der Waals surface area (Å²) in [6.45, 7) is 4.41. The minimum atomic E-state index is -0.134. The van der Waals surface area contributed by atoms with Crippen LogP contribution in [0.3, 0.4) is 0 Å². The highest BCUT2D eigenvalue weighted by molar-refractivity contribution is 6.21. The van der Waals surface area contributed by atoms with E-state index in [0.717, 1.165) is 31.5 Å². The van der Waals surface area contributed by atoms with Gasteiger partial charge in [-0.1, -0.05) is 11.6 Å². The number of hydrogen-bond acceptors (Lipinski definition) is 3. The maximum Gasteiger partial charge on any atom is 0.261 e. The number of aryl methyl sites for hydroxylation is 1. The van der Waals surface area contributed by atoms with Crippen LogP contribution in [-0.2, 0) is 0 Å². The Morgan fingerprint density at radius 1 is 1.26 bits per heavy atom. The summed E-state index contributed by atoms with van der Waals surface area (Å²) in [5.41, 5.74) is 2.13. The largest absolute Gasteiger partial charge is 0.316 e. The van der Waals surface area contributed by atoms with Crippen LogP contribution in [-0.4, -0.2) is 36.3 Å². The Kier molecular flexibility index (Phi) is 3.11. The van der Waals surface area contributed by atoms with Gasteiger partial charge in [-0.15, -0.1) is 0 Å². The predicted octanol–water partition coefficient (Wildman–Crippen LogP) is 1.59. The minimum Gasteiger partial charge on any atom is -0.316 e. The van der Waals surface area contributed by atoms with E-state index < -0.39 is 0 Å². The van der Waals surface area contributed by atoms with Gasteiger partial charge >= 0.3 is 0 Å². The zero-order chi connectivity index (χ0) is 13.4. The van der Waals surface area contributed by atoms with Gasteiger partial charge < -0.3 is 5.32 Å². The Morgan fingerprint density at radius 2 is 2.05 bits per heavy atom. The van der Waals surface area contributed by atoms with Crippen molar-refractivity contribution in [1.82, 2.24) is 10.2 Å². The Hall–Kier alpha value is -1.68. The zero-order valence-corrected chi connectivity index (χ0v) is 11.1. The zero-order valence-electron chi connectivity index (χ0n) is 11.1. The molecule has 0 spiro atoms. The van der Waals surface area contributed by atoms with Crippen molar-refractivity contribution in [3.63, 3.8) is 0 Å². The quantitative estimate of drug-likeness (QED) is 0.820. The second-order valence-electron chi connectivity index (χ2n) is 5.48. The summed E-state index contributed by atoms with van der Waals surface area (Å²) < 4.78 is 0. The summed E-state index contributed by atoms with van der Waals surface area (Å²) in [5, 5.41) is 3.32. The van der Waals surface area contributed by atoms with Crippen LogP contribution < -0.4 is 5.32 Å². The third kappa shape index (κ3) is 2.16. The molecule has 0 saturated carbocycles. The minimum absolute atomic E-state index is 0.130. The smallest absolute Gasteiger partial charge is 0.261 e. The van der Waals surface area contributed by atoms with Crippen molar-refractivity contribution < 1.29 is 9.59 Å². The van der Waals surface area contributed by atoms with Gasteiger partial charge in [0.1, 0.15) is 0 Å². The highest BCUT2D eigenvalue weighted by Gasteiger charge is 2.36. The molecule has 1 saturated heterocycles. The lowest BCUT2D eigenvalue weighted by Crippen LogP contribution is -2.40. The molecular weight excluding hydrogens is 240 g/mol. The summed E-state index contributed by atoms with van der Waals surface area (Å²) in [7, 11) is 0. The fraction of sp³-hybridized carbons (Fsp3) is 0.467. The van der Waals surface area contributed by atoms with Crippen LogP contribution in [0.15, 0.2) is 18.2 Å². The van der Waals surface area contributed by atoms with E-state index >= 15 is 0 Å². The van der Waals surface area contributed by atoms with Crippen molar-refractivity contribution >= 4 is 11.8 Å². The van der Waals surface area contributed by atoms with Crippen LogP contribution in [0.4, 0.5) is 0 Å². The van der Waals surface area contributed by atoms with Crippen molar-refractivity contribution in [3.05, 3.63) is 34.9 Å². The van der Waals surface area contributed by atoms with Crippen molar-refractivity contribution in [2.75, 3.05) is 19.6 Å². The summed E-state index contributed by atoms with van der Waals surface area (Å²) in [5.74, 6) is 0.122. The maximum absolute atomic E-state index is 12.3. The molecule has 0 aromatic heterocycles. The number of nitrogens with one attached hydrogen (secondary N) is 1. The molecule has 2 aliphatic rings. The first kappa shape index (κ1) is 12.4. The van der Waals surface area contributed by atoms with Gasteiger partial charge in [0.2, 0.25) is 0 Å². The van der Waals surface area contributed by atoms with Crippen molar-refractivity contribution in [1.29, 1.82) is 0 Å². The number of benzene rings is 1. The lowest BCUT2D eigenvalue weighted by atomic mass is 9.99. The number of carbonyl (C=O) groups is 2. The van der Waals surface area contributed by atoms with Gasteiger partial charge in [0.25, 0.3) is 11.8 Å². The Balaban J connectivity index is 1.81. The van der Waals surface area contributed by atoms with E-state index in [1.165, 1.54) is 4.90 Å². The lowest BCUT2D eigenvalue weighted by molar-refractivity contribution is 0.0621. The van der Waals surface area contributed by atoms with Gasteiger partial charge in [-0.2, -0.15) is 0 Å². The molecule has 2 heterocycles. The van der Waals surface area contributed by atoms with Crippen LogP contribution >= 0.6 is 0 Å². The van der Waals surface area contributed by atoms with E-state index in [2.05, 4.69) is 5.32 Å². The van der Waals surface area contributed by atoms with E-state index in [4.69, 9.17) is 0 Å². The number of piperidine rings is 1. The Morgan fingerprint density at radius 3 is 2.79 bits per heavy atom. The van der Waals surface area contributed by atoms with Gasteiger partial charge in [-0.05, 0) is 50.9 Å². The number of amides is 2. The average molecular weight is 258 g/mol. The van der Waals surface area contributed by atoms with Crippen LogP contribution in [0.2, 0.25) is 0 Å². The monoisotopic (exact) mass is 258 g/mol. The highest BCUT2D eigenvalue weighted by atomic mass is 16.2. The van der Waals surface area contributed by atoms with Crippen molar-refractivity contribution in [2.45, 2.75) is 19.8 Å². The van der Waals surface area contributed by atoms with Crippen molar-refractivity contribution in [2.24, 2.45) is 5.92 Å². The number of carbonyl (C=O) groups excluding carboxylic acids is 2. The lowest BCUT2D eigenvalue weighted by Gasteiger charge is -2.26. The molecule has 1 aromatic rings. The second kappa shape index (κ2) is 4.78. The molecule has 19 heavy (non-hydrogen) atoms. The molecule has 100 valence electrons. The molecule has 4 heteroatoms. The SMILES string of the molecule is Cc1ccc2c(c1)C(=O)N(CC1CCCNC1)C2=O. The third-order valence-electron chi connectivity index (χ3n) is 3.97. The fourth-order valence-electron chi connectivity index (χ4n) is 2.91. The average Bonchev–Trinajstić information content (AvgIpc) is 2.65. The first-order chi connectivity index (χ1) is 9.16. The topological polar surface area (TPSA) is 49.4 Å². The summed E-state index contributed by atoms with van der Waals surface area (Å²) >= 11 is 0. The number of imide groups is 1. The summed E-state index contributed by atoms with van der Waals surface area (Å²) in [6.07, 6.45) is 2.20. The first-order valence-electron chi connectivity index (χ1n) is 6.84. The van der Waals surface area contributed by atoms with Gasteiger partial charge in [0.15, 0.2) is 0 Å². The summed E-state index contributed by atoms with van der Waals surface area (Å²) in [6, 6.07) is 5.47. The number of nitrogens with zero attached hydrogens (tertiary/aromatic N) is 1. The number of hydrogen-bond donors (Lipinski definition) is 1. The van der Waals surface area contributed by atoms with E-state index in [1.54, 1.807) is 6.07 Å². The molecule has 0 radical (unpaired) electrons. The molecule has 2 aliphatic heterocycles. The molecule has 2 amide bonds. The molecule has 1 fully saturated rings. The van der Waals surface area contributed by atoms with E-state index in [9.17, 15) is 9.59 Å². The van der Waals surface area contributed by atoms with Crippen LogP contribution in [0.1, 0.15) is 39.1 Å². The predicted molar refractivity (Wildman–Crippen MR) is 72.1 cm³/mol. The van der Waals surface area contributed by atoms with E-state index in [1.807, 2.05) is 19.1 Å². The molecule has 1 atom stereocenters. The maximum atomic E-state index is 12.3. The van der Waals surface area contributed by atoms with Crippen LogP contribution in [0.25, 0.3) is 0 Å². The van der Waals surface area contributed by atoms with E-state index in [0.29, 0.717) is 23.6 Å². The Labute approximate surface area is 112 Å². The van der Waals surface area contributed by atoms with Gasteiger partial charge in [-0.25, -0.2) is 0 Å². The highest BCUT2D eigenvalue weighted by Crippen LogP contribution is 2.25. The normalized spacial score (nSPS) is 22.8. The van der Waals surface area contributed by atoms with Gasteiger partial charge in [0.05, 0.1) is 11.1 Å². The molecule has 0 aliphatic carbocycles. The molecule has 4 nitrogen and oxygen atoms in total. The van der Waals surface area contributed by atoms with Crippen LogP contribution in [0, 0.1) is 12.8 Å². The fourth-order valence-corrected chi connectivity index (χ4v) is 2.91. The molecule has 1 aromatic carbocycles. The molecule has 0 bridgehead atoms. The van der Waals surface area contributed by atoms with Crippen molar-refractivity contribution in [3.8, 4) is 0 Å². The molecular formula is C15H18N2O2. The number of fused-ring (bicyclic) bond motifs is 1. The standard InChI is InChI=1S/C15H18N2O2/c1-10-4-5-12-13(7-10)15(19)17(14(12)18)9-11-3-2-6-16-8-11/h4-5,7,11,16H,2-3,6,8-9H2,1H3. The van der Waals surface area contributed by atoms with E-state index in [-0.39, 0.29) is 11.8 Å². The first-order valence-corrected chi connectivity index (χ1v) is 6.84. The molecule has 1 N–H and O–H groups in total.